The first-order valence-corrected chi connectivity index (χ1v) is 15.4. The normalized spacial score (nSPS) is 21.1. The Balaban J connectivity index is 1.27. The van der Waals surface area contributed by atoms with Crippen LogP contribution in [0.1, 0.15) is 22.6 Å². The van der Waals surface area contributed by atoms with Crippen LogP contribution in [-0.2, 0) is 52.7 Å². The van der Waals surface area contributed by atoms with Gasteiger partial charge >= 0.3 is 11.9 Å². The van der Waals surface area contributed by atoms with Crippen LogP contribution < -0.4 is 14.8 Å². The largest absolute Gasteiger partial charge is 0.497 e. The number of hydrogen-bond donors (Lipinski definition) is 1. The lowest BCUT2D eigenvalue weighted by molar-refractivity contribution is -0.164. The van der Waals surface area contributed by atoms with E-state index in [-0.39, 0.29) is 24.5 Å². The predicted octanol–water partition coefficient (Wildman–Crippen LogP) is 2.61. The molecular weight excluding hydrogens is 600 g/mol. The summed E-state index contributed by atoms with van der Waals surface area (Å²) in [5.74, 6) is -3.14. The van der Waals surface area contributed by atoms with Gasteiger partial charge < -0.3 is 29.2 Å². The van der Waals surface area contributed by atoms with E-state index in [1.54, 1.807) is 93.1 Å². The third-order valence-corrected chi connectivity index (χ3v) is 9.27. The average Bonchev–Trinajstić information content (AvgIpc) is 3.06. The molecule has 45 heavy (non-hydrogen) atoms. The fraction of sp³-hybridized carbons (Fsp3) is 0.273. The number of benzene rings is 3. The molecule has 0 saturated carbocycles. The van der Waals surface area contributed by atoms with Gasteiger partial charge in [-0.2, -0.15) is 0 Å². The van der Waals surface area contributed by atoms with Crippen LogP contribution in [0.15, 0.2) is 91.0 Å². The summed E-state index contributed by atoms with van der Waals surface area (Å²) >= 11 is 0. The molecule has 2 amide bonds. The number of nitrogens with zero attached hydrogens (tertiary/aromatic N) is 1. The molecule has 3 aromatic carbocycles. The Kier molecular flexibility index (Phi) is 9.62. The molecule has 1 N–H and O–H groups in total. The van der Waals surface area contributed by atoms with Crippen LogP contribution in [0.4, 0.5) is 0 Å². The van der Waals surface area contributed by atoms with Crippen LogP contribution in [0.5, 0.6) is 11.5 Å². The van der Waals surface area contributed by atoms with Gasteiger partial charge in [0, 0.05) is 5.75 Å². The molecule has 2 fully saturated rings. The molecule has 2 aliphatic rings. The maximum atomic E-state index is 13.6. The Morgan fingerprint density at radius 2 is 1.44 bits per heavy atom. The lowest BCUT2D eigenvalue weighted by Gasteiger charge is -2.52. The van der Waals surface area contributed by atoms with Gasteiger partial charge in [-0.15, -0.1) is 0 Å². The number of amides is 2. The van der Waals surface area contributed by atoms with Gasteiger partial charge in [-0.05, 0) is 46.5 Å². The minimum absolute atomic E-state index is 0.0556. The number of β-lactam (4-membered cyclic amide) rings is 1. The molecule has 2 saturated heterocycles. The summed E-state index contributed by atoms with van der Waals surface area (Å²) in [6.07, 6.45) is 0. The number of esters is 2. The SMILES string of the molecule is C=C1CS(=O)[C@H]2C(NC(=O)C(C(=O)OCc3ccc(OC)cc3)c3ccccc3)C(=O)N2C1C(=O)OCc1ccc(OC)cc1. The molecule has 0 aliphatic carbocycles. The Hall–Kier alpha value is -4.97. The Labute approximate surface area is 262 Å². The van der Waals surface area contributed by atoms with Crippen LogP contribution in [0.2, 0.25) is 0 Å². The van der Waals surface area contributed by atoms with Crippen LogP contribution >= 0.6 is 0 Å². The molecule has 234 valence electrons. The zero-order valence-corrected chi connectivity index (χ0v) is 25.5. The van der Waals surface area contributed by atoms with Crippen molar-refractivity contribution >= 4 is 34.6 Å². The summed E-state index contributed by atoms with van der Waals surface area (Å²) in [5, 5.41) is 1.59. The first kappa shape index (κ1) is 31.5. The molecule has 3 aromatic rings. The standard InChI is InChI=1S/C33H32N2O9S/c1-20-19-45(40)31-27(30(37)35(31)28(20)33(39)44-18-22-11-15-25(42-3)16-12-22)34-29(36)26(23-7-5-4-6-8-23)32(38)43-17-21-9-13-24(41-2)14-10-21/h4-16,26-28,31H,1,17-19H2,2-3H3,(H,34,36)/t26?,27?,28?,31-,45?/m0/s1. The fourth-order valence-electron chi connectivity index (χ4n) is 5.19. The van der Waals surface area contributed by atoms with Gasteiger partial charge in [0.1, 0.15) is 36.1 Å². The van der Waals surface area contributed by atoms with Gasteiger partial charge in [0.25, 0.3) is 0 Å². The number of methoxy groups -OCH3 is 2. The van der Waals surface area contributed by atoms with Crippen molar-refractivity contribution in [3.63, 3.8) is 0 Å². The molecule has 5 rings (SSSR count). The van der Waals surface area contributed by atoms with Gasteiger partial charge in [-0.1, -0.05) is 61.2 Å². The lowest BCUT2D eigenvalue weighted by atomic mass is 9.95. The molecule has 0 spiro atoms. The summed E-state index contributed by atoms with van der Waals surface area (Å²) in [7, 11) is 1.42. The third-order valence-electron chi connectivity index (χ3n) is 7.57. The number of rotatable bonds is 11. The Morgan fingerprint density at radius 3 is 2.00 bits per heavy atom. The highest BCUT2D eigenvalue weighted by molar-refractivity contribution is 7.86. The van der Waals surface area contributed by atoms with E-state index in [9.17, 15) is 23.4 Å². The minimum atomic E-state index is -1.66. The van der Waals surface area contributed by atoms with E-state index >= 15 is 0 Å². The number of carbonyl (C=O) groups excluding carboxylic acids is 4. The molecular formula is C33H32N2O9S. The van der Waals surface area contributed by atoms with Gasteiger partial charge in [-0.25, -0.2) is 4.79 Å². The van der Waals surface area contributed by atoms with Gasteiger partial charge in [-0.3, -0.25) is 18.6 Å². The topological polar surface area (TPSA) is 138 Å². The average molecular weight is 633 g/mol. The fourth-order valence-corrected chi connectivity index (χ4v) is 6.85. The second kappa shape index (κ2) is 13.8. The third kappa shape index (κ3) is 6.75. The van der Waals surface area contributed by atoms with Crippen molar-refractivity contribution in [2.75, 3.05) is 20.0 Å². The lowest BCUT2D eigenvalue weighted by Crippen LogP contribution is -2.77. The highest BCUT2D eigenvalue weighted by Gasteiger charge is 2.59. The van der Waals surface area contributed by atoms with Crippen LogP contribution in [0.25, 0.3) is 0 Å². The van der Waals surface area contributed by atoms with E-state index in [1.165, 1.54) is 0 Å². The first-order chi connectivity index (χ1) is 21.7. The van der Waals surface area contributed by atoms with Gasteiger partial charge in [0.15, 0.2) is 12.0 Å². The molecule has 0 bridgehead atoms. The van der Waals surface area contributed by atoms with Gasteiger partial charge in [0.2, 0.25) is 11.8 Å². The van der Waals surface area contributed by atoms with Crippen molar-refractivity contribution in [3.05, 3.63) is 108 Å². The molecule has 2 heterocycles. The Morgan fingerprint density at radius 1 is 0.889 bits per heavy atom. The summed E-state index contributed by atoms with van der Waals surface area (Å²) in [6.45, 7) is 3.72. The van der Waals surface area contributed by atoms with Crippen molar-refractivity contribution in [3.8, 4) is 11.5 Å². The quantitative estimate of drug-likeness (QED) is 0.146. The summed E-state index contributed by atoms with van der Waals surface area (Å²) < 4.78 is 34.4. The molecule has 0 aromatic heterocycles. The van der Waals surface area contributed by atoms with Crippen LogP contribution in [-0.4, -0.2) is 70.3 Å². The highest BCUT2D eigenvalue weighted by atomic mass is 32.2. The highest BCUT2D eigenvalue weighted by Crippen LogP contribution is 2.35. The van der Waals surface area contributed by atoms with E-state index in [2.05, 4.69) is 11.9 Å². The van der Waals surface area contributed by atoms with Crippen molar-refractivity contribution in [1.29, 1.82) is 0 Å². The molecule has 0 radical (unpaired) electrons. The number of nitrogens with one attached hydrogen (secondary N) is 1. The number of fused-ring (bicyclic) bond motifs is 1. The number of ether oxygens (including phenoxy) is 4. The van der Waals surface area contributed by atoms with Crippen LogP contribution in [0.3, 0.4) is 0 Å². The summed E-state index contributed by atoms with van der Waals surface area (Å²) in [6, 6.07) is 19.8. The van der Waals surface area contributed by atoms with Crippen molar-refractivity contribution in [2.45, 2.75) is 36.6 Å². The van der Waals surface area contributed by atoms with Gasteiger partial charge in [0.05, 0.1) is 25.0 Å². The van der Waals surface area contributed by atoms with Crippen molar-refractivity contribution in [1.82, 2.24) is 10.2 Å². The smallest absolute Gasteiger partial charge is 0.333 e. The molecule has 5 atom stereocenters. The minimum Gasteiger partial charge on any atom is -0.497 e. The molecule has 11 nitrogen and oxygen atoms in total. The first-order valence-electron chi connectivity index (χ1n) is 14.0. The maximum Gasteiger partial charge on any atom is 0.333 e. The van der Waals surface area contributed by atoms with E-state index in [0.29, 0.717) is 28.2 Å². The van der Waals surface area contributed by atoms with E-state index < -0.39 is 57.9 Å². The molecule has 2 aliphatic heterocycles. The van der Waals surface area contributed by atoms with Crippen molar-refractivity contribution in [2.24, 2.45) is 0 Å². The van der Waals surface area contributed by atoms with Crippen LogP contribution in [0, 0.1) is 0 Å². The van der Waals surface area contributed by atoms with E-state index in [0.717, 1.165) is 4.90 Å². The predicted molar refractivity (Wildman–Crippen MR) is 163 cm³/mol. The molecule has 4 unspecified atom stereocenters. The second-order valence-corrected chi connectivity index (χ2v) is 12.0. The monoisotopic (exact) mass is 632 g/mol. The summed E-state index contributed by atoms with van der Waals surface area (Å²) in [5.41, 5.74) is 2.02. The maximum absolute atomic E-state index is 13.6. The second-order valence-electron chi connectivity index (χ2n) is 10.5. The van der Waals surface area contributed by atoms with E-state index in [1.807, 2.05) is 0 Å². The Bertz CT molecular complexity index is 1610. The number of carbonyl (C=O) groups is 4. The zero-order chi connectivity index (χ0) is 32.1. The van der Waals surface area contributed by atoms with E-state index in [4.69, 9.17) is 18.9 Å². The zero-order valence-electron chi connectivity index (χ0n) is 24.7. The number of hydrogen-bond acceptors (Lipinski definition) is 9. The molecule has 12 heteroatoms. The van der Waals surface area contributed by atoms with Crippen molar-refractivity contribution < 1.29 is 42.3 Å². The summed E-state index contributed by atoms with van der Waals surface area (Å²) in [4.78, 5) is 54.5.